The van der Waals surface area contributed by atoms with Crippen LogP contribution in [0.1, 0.15) is 49.1 Å². The van der Waals surface area contributed by atoms with Crippen molar-refractivity contribution >= 4 is 23.3 Å². The van der Waals surface area contributed by atoms with E-state index in [1.165, 1.54) is 36.5 Å². The third kappa shape index (κ3) is 5.77. The van der Waals surface area contributed by atoms with Crippen molar-refractivity contribution in [3.05, 3.63) is 65.0 Å². The Morgan fingerprint density at radius 3 is 2.29 bits per heavy atom. The summed E-state index contributed by atoms with van der Waals surface area (Å²) in [5, 5.41) is 13.2. The number of hydrogen-bond donors (Lipinski definition) is 2. The molecule has 2 aliphatic rings. The van der Waals surface area contributed by atoms with Gasteiger partial charge in [0, 0.05) is 49.5 Å². The number of alkyl halides is 6. The van der Waals surface area contributed by atoms with E-state index in [-0.39, 0.29) is 30.5 Å². The lowest BCUT2D eigenvalue weighted by molar-refractivity contribution is -0.258. The second-order valence-electron chi connectivity index (χ2n) is 10.6. The van der Waals surface area contributed by atoms with Crippen LogP contribution in [0.2, 0.25) is 0 Å². The largest absolute Gasteiger partial charge is 0.421 e. The number of nitrogens with zero attached hydrogens (tertiary/aromatic N) is 5. The van der Waals surface area contributed by atoms with E-state index in [1.54, 1.807) is 4.90 Å². The van der Waals surface area contributed by atoms with Gasteiger partial charge in [-0.1, -0.05) is 12.1 Å². The summed E-state index contributed by atoms with van der Waals surface area (Å²) in [5.74, 6) is 0.796. The Labute approximate surface area is 233 Å². The second kappa shape index (κ2) is 10.7. The minimum absolute atomic E-state index is 0.143. The van der Waals surface area contributed by atoms with Gasteiger partial charge in [0.15, 0.2) is 5.60 Å². The summed E-state index contributed by atoms with van der Waals surface area (Å²) < 4.78 is 81.1. The van der Waals surface area contributed by atoms with Crippen molar-refractivity contribution in [2.45, 2.75) is 63.5 Å². The summed E-state index contributed by atoms with van der Waals surface area (Å²) >= 11 is 0. The van der Waals surface area contributed by atoms with Crippen LogP contribution in [0.3, 0.4) is 0 Å². The maximum Gasteiger partial charge on any atom is 0.421 e. The topological polar surface area (TPSA) is 77.4 Å². The molecule has 2 aromatic heterocycles. The molecule has 5 rings (SSSR count). The van der Waals surface area contributed by atoms with E-state index in [9.17, 15) is 31.4 Å². The van der Waals surface area contributed by atoms with E-state index in [1.807, 2.05) is 0 Å². The molecule has 0 radical (unpaired) electrons. The van der Waals surface area contributed by atoms with Crippen molar-refractivity contribution in [2.24, 2.45) is 0 Å². The van der Waals surface area contributed by atoms with Gasteiger partial charge in [0.2, 0.25) is 5.95 Å². The third-order valence-electron chi connectivity index (χ3n) is 7.79. The molecule has 1 aromatic carbocycles. The number of rotatable bonds is 5. The lowest BCUT2D eigenvalue weighted by Gasteiger charge is -2.27. The van der Waals surface area contributed by atoms with Crippen LogP contribution in [0.5, 0.6) is 0 Å². The number of aromatic nitrogens is 3. The van der Waals surface area contributed by atoms with Gasteiger partial charge in [-0.2, -0.15) is 31.3 Å². The summed E-state index contributed by atoms with van der Waals surface area (Å²) in [6.45, 7) is 4.02. The van der Waals surface area contributed by atoms with E-state index in [0.717, 1.165) is 31.0 Å². The lowest BCUT2D eigenvalue weighted by Crippen LogP contribution is -2.39. The number of anilines is 4. The van der Waals surface area contributed by atoms with E-state index in [2.05, 4.69) is 22.1 Å². The highest BCUT2D eigenvalue weighted by molar-refractivity contribution is 5.63. The summed E-state index contributed by atoms with van der Waals surface area (Å²) in [6.07, 6.45) is -5.46. The fourth-order valence-corrected chi connectivity index (χ4v) is 5.31. The Kier molecular flexibility index (Phi) is 7.51. The molecule has 0 bridgehead atoms. The zero-order valence-corrected chi connectivity index (χ0v) is 22.5. The summed E-state index contributed by atoms with van der Waals surface area (Å²) in [6, 6.07) is 7.72. The maximum absolute atomic E-state index is 13.7. The summed E-state index contributed by atoms with van der Waals surface area (Å²) in [7, 11) is 0. The number of hydrogen-bond acceptors (Lipinski definition) is 7. The average Bonchev–Trinajstić information content (AvgIpc) is 3.22. The van der Waals surface area contributed by atoms with Gasteiger partial charge in [-0.05, 0) is 62.9 Å². The van der Waals surface area contributed by atoms with Crippen LogP contribution < -0.4 is 15.1 Å². The molecule has 0 aliphatic carbocycles. The Balaban J connectivity index is 1.48. The average molecular weight is 581 g/mol. The van der Waals surface area contributed by atoms with Crippen LogP contribution in [0.25, 0.3) is 0 Å². The van der Waals surface area contributed by atoms with Gasteiger partial charge in [0.05, 0.1) is 11.3 Å². The molecule has 1 fully saturated rings. The molecule has 7 nitrogen and oxygen atoms in total. The Hall–Kier alpha value is -3.61. The molecule has 41 heavy (non-hydrogen) atoms. The minimum Gasteiger partial charge on any atom is -0.376 e. The van der Waals surface area contributed by atoms with Crippen LogP contribution in [-0.2, 0) is 24.6 Å². The molecule has 1 saturated heterocycles. The predicted molar refractivity (Wildman–Crippen MR) is 142 cm³/mol. The summed E-state index contributed by atoms with van der Waals surface area (Å²) in [4.78, 5) is 17.3. The van der Waals surface area contributed by atoms with Crippen molar-refractivity contribution in [3.8, 4) is 0 Å². The van der Waals surface area contributed by atoms with Crippen LogP contribution in [0.4, 0.5) is 49.6 Å². The zero-order chi connectivity index (χ0) is 29.6. The normalized spacial score (nSPS) is 19.5. The highest BCUT2D eigenvalue weighted by Crippen LogP contribution is 2.40. The molecule has 0 spiro atoms. The van der Waals surface area contributed by atoms with Crippen LogP contribution in [-0.4, -0.2) is 51.9 Å². The van der Waals surface area contributed by atoms with E-state index in [0.29, 0.717) is 42.9 Å². The smallest absolute Gasteiger partial charge is 0.376 e. The SMILES string of the molecule is CC1CCCN1c1nc2c(c(Nc3ccc(C(C)(O)C(F)(F)F)cc3)n1)CCN(c1ncccc1C(F)(F)F)CC2. The second-order valence-corrected chi connectivity index (χ2v) is 10.6. The Morgan fingerprint density at radius 1 is 0.951 bits per heavy atom. The molecule has 2 unspecified atom stereocenters. The molecule has 2 aliphatic heterocycles. The number of fused-ring (bicyclic) bond motifs is 1. The van der Waals surface area contributed by atoms with E-state index in [4.69, 9.17) is 9.97 Å². The van der Waals surface area contributed by atoms with Gasteiger partial charge in [0.1, 0.15) is 11.6 Å². The van der Waals surface area contributed by atoms with Crippen LogP contribution >= 0.6 is 0 Å². The molecule has 3 aromatic rings. The third-order valence-corrected chi connectivity index (χ3v) is 7.79. The van der Waals surface area contributed by atoms with Gasteiger partial charge < -0.3 is 20.2 Å². The van der Waals surface area contributed by atoms with Crippen molar-refractivity contribution in [3.63, 3.8) is 0 Å². The van der Waals surface area contributed by atoms with Gasteiger partial charge in [-0.3, -0.25) is 0 Å². The molecule has 2 N–H and O–H groups in total. The Morgan fingerprint density at radius 2 is 1.66 bits per heavy atom. The first-order valence-electron chi connectivity index (χ1n) is 13.4. The minimum atomic E-state index is -4.85. The van der Waals surface area contributed by atoms with Crippen molar-refractivity contribution < 1.29 is 31.4 Å². The standard InChI is InChI=1S/C28H30F6N6O/c1-17-5-4-14-40(17)25-37-22-12-16-39(24-21(27(29,30)31)6-3-13-35-24)15-11-20(22)23(38-25)36-19-9-7-18(8-10-19)26(2,41)28(32,33)34/h3,6-10,13,17,41H,4-5,11-12,14-16H2,1-2H3,(H,36,37,38). The van der Waals surface area contributed by atoms with Crippen molar-refractivity contribution in [1.29, 1.82) is 0 Å². The maximum atomic E-state index is 13.7. The van der Waals surface area contributed by atoms with Gasteiger partial charge in [0.25, 0.3) is 0 Å². The fraction of sp³-hybridized carbons (Fsp3) is 0.464. The van der Waals surface area contributed by atoms with Gasteiger partial charge >= 0.3 is 12.4 Å². The van der Waals surface area contributed by atoms with E-state index < -0.39 is 23.5 Å². The monoisotopic (exact) mass is 580 g/mol. The first kappa shape index (κ1) is 28.9. The number of nitrogens with one attached hydrogen (secondary N) is 1. The van der Waals surface area contributed by atoms with Crippen LogP contribution in [0.15, 0.2) is 42.6 Å². The molecule has 2 atom stereocenters. The molecule has 0 saturated carbocycles. The molecule has 13 heteroatoms. The van der Waals surface area contributed by atoms with Crippen molar-refractivity contribution in [1.82, 2.24) is 15.0 Å². The van der Waals surface area contributed by atoms with Gasteiger partial charge in [-0.25, -0.2) is 9.97 Å². The fourth-order valence-electron chi connectivity index (χ4n) is 5.31. The van der Waals surface area contributed by atoms with Gasteiger partial charge in [-0.15, -0.1) is 0 Å². The number of halogens is 6. The van der Waals surface area contributed by atoms with E-state index >= 15 is 0 Å². The Bertz CT molecular complexity index is 1390. The van der Waals surface area contributed by atoms with Crippen LogP contribution in [0, 0.1) is 0 Å². The number of pyridine rings is 1. The number of benzene rings is 1. The molecular weight excluding hydrogens is 550 g/mol. The molecular formula is C28H30F6N6O. The number of aliphatic hydroxyl groups is 1. The highest BCUT2D eigenvalue weighted by atomic mass is 19.4. The summed E-state index contributed by atoms with van der Waals surface area (Å²) in [5.41, 5.74) is -2.27. The molecule has 0 amide bonds. The predicted octanol–water partition coefficient (Wildman–Crippen LogP) is 6.00. The zero-order valence-electron chi connectivity index (χ0n) is 22.5. The molecule has 4 heterocycles. The first-order valence-corrected chi connectivity index (χ1v) is 13.4. The first-order chi connectivity index (χ1) is 19.3. The molecule has 220 valence electrons. The quantitative estimate of drug-likeness (QED) is 0.359. The lowest BCUT2D eigenvalue weighted by atomic mass is 9.95. The van der Waals surface area contributed by atoms with Crippen molar-refractivity contribution in [2.75, 3.05) is 34.8 Å². The highest BCUT2D eigenvalue weighted by Gasteiger charge is 2.51.